The molecule has 174 valence electrons. The Morgan fingerprint density at radius 3 is 1.88 bits per heavy atom. The monoisotopic (exact) mass is 553 g/mol. The second-order valence-electron chi connectivity index (χ2n) is 7.42. The molecule has 0 saturated carbocycles. The van der Waals surface area contributed by atoms with E-state index in [1.54, 1.807) is 66.7 Å². The molecular weight excluding hydrogens is 540 g/mol. The third-order valence-electron chi connectivity index (χ3n) is 5.04. The first-order valence-corrected chi connectivity index (χ1v) is 13.0. The Morgan fingerprint density at radius 2 is 1.35 bits per heavy atom. The van der Waals surface area contributed by atoms with Crippen LogP contribution < -0.4 is 0 Å². The molecule has 4 rings (SSSR count). The van der Waals surface area contributed by atoms with E-state index in [1.165, 1.54) is 6.07 Å². The van der Waals surface area contributed by atoms with Crippen molar-refractivity contribution >= 4 is 62.0 Å². The SMILES string of the molecule is O=C(CS(=O)(=O)C(c1ccc(Cl)cc1)c1ccc(Cl)cc1)c1cc(-c2ccc(Cl)c(Cl)c2)on1. The van der Waals surface area contributed by atoms with E-state index in [0.717, 1.165) is 0 Å². The highest BCUT2D eigenvalue weighted by atomic mass is 35.5. The van der Waals surface area contributed by atoms with Crippen LogP contribution in [-0.4, -0.2) is 25.1 Å². The van der Waals surface area contributed by atoms with Crippen LogP contribution in [0.4, 0.5) is 0 Å². The van der Waals surface area contributed by atoms with Gasteiger partial charge in [-0.3, -0.25) is 4.79 Å². The minimum Gasteiger partial charge on any atom is -0.356 e. The molecule has 4 aromatic rings. The molecule has 5 nitrogen and oxygen atoms in total. The van der Waals surface area contributed by atoms with Crippen LogP contribution in [0.1, 0.15) is 26.9 Å². The summed E-state index contributed by atoms with van der Waals surface area (Å²) in [6.07, 6.45) is 0. The first-order chi connectivity index (χ1) is 16.1. The molecule has 0 bridgehead atoms. The van der Waals surface area contributed by atoms with Gasteiger partial charge in [-0.1, -0.05) is 75.8 Å². The Labute approximate surface area is 216 Å². The van der Waals surface area contributed by atoms with Gasteiger partial charge in [0.05, 0.1) is 10.0 Å². The van der Waals surface area contributed by atoms with Gasteiger partial charge in [0.25, 0.3) is 0 Å². The summed E-state index contributed by atoms with van der Waals surface area (Å²) >= 11 is 23.9. The largest absolute Gasteiger partial charge is 0.356 e. The standard InChI is InChI=1S/C24H15Cl4NO4S/c25-17-6-1-14(2-7-17)24(15-3-8-18(26)9-4-15)34(31,32)13-22(30)21-12-23(33-29-21)16-5-10-19(27)20(28)11-16/h1-12,24H,13H2. The molecule has 0 radical (unpaired) electrons. The zero-order valence-electron chi connectivity index (χ0n) is 17.2. The van der Waals surface area contributed by atoms with Crippen molar-refractivity contribution < 1.29 is 17.7 Å². The smallest absolute Gasteiger partial charge is 0.199 e. The third-order valence-corrected chi connectivity index (χ3v) is 8.21. The number of hydrogen-bond acceptors (Lipinski definition) is 5. The number of carbonyl (C=O) groups is 1. The molecule has 0 atom stereocenters. The van der Waals surface area contributed by atoms with E-state index in [-0.39, 0.29) is 11.5 Å². The Hall–Kier alpha value is -2.35. The normalized spacial score (nSPS) is 11.7. The molecule has 0 amide bonds. The maximum absolute atomic E-state index is 13.5. The average Bonchev–Trinajstić information content (AvgIpc) is 3.29. The zero-order chi connectivity index (χ0) is 24.5. The fourth-order valence-corrected chi connectivity index (χ4v) is 5.79. The molecule has 0 fully saturated rings. The Kier molecular flexibility index (Phi) is 7.36. The molecule has 0 saturated heterocycles. The van der Waals surface area contributed by atoms with E-state index in [2.05, 4.69) is 5.16 Å². The molecule has 3 aromatic carbocycles. The van der Waals surface area contributed by atoms with E-state index in [0.29, 0.717) is 36.8 Å². The summed E-state index contributed by atoms with van der Waals surface area (Å²) in [6, 6.07) is 19.0. The first-order valence-electron chi connectivity index (χ1n) is 9.82. The Bertz CT molecular complexity index is 1400. The number of benzene rings is 3. The Balaban J connectivity index is 1.64. The summed E-state index contributed by atoms with van der Waals surface area (Å²) in [5, 5.41) is 4.25. The topological polar surface area (TPSA) is 77.2 Å². The van der Waals surface area contributed by atoms with Gasteiger partial charge in [0.2, 0.25) is 0 Å². The maximum atomic E-state index is 13.5. The molecule has 34 heavy (non-hydrogen) atoms. The average molecular weight is 555 g/mol. The van der Waals surface area contributed by atoms with Crippen molar-refractivity contribution in [2.45, 2.75) is 5.25 Å². The number of aromatic nitrogens is 1. The number of nitrogens with zero attached hydrogens (tertiary/aromatic N) is 1. The molecule has 0 aliphatic rings. The Morgan fingerprint density at radius 1 is 0.794 bits per heavy atom. The quantitative estimate of drug-likeness (QED) is 0.223. The number of sulfone groups is 1. The van der Waals surface area contributed by atoms with E-state index >= 15 is 0 Å². The molecule has 1 aromatic heterocycles. The summed E-state index contributed by atoms with van der Waals surface area (Å²) in [5.74, 6) is -1.23. The molecule has 0 spiro atoms. The van der Waals surface area contributed by atoms with Crippen molar-refractivity contribution in [2.24, 2.45) is 0 Å². The van der Waals surface area contributed by atoms with Gasteiger partial charge in [-0.05, 0) is 53.6 Å². The summed E-state index contributed by atoms with van der Waals surface area (Å²) in [7, 11) is -4.03. The van der Waals surface area contributed by atoms with Gasteiger partial charge < -0.3 is 4.52 Å². The van der Waals surface area contributed by atoms with Crippen LogP contribution >= 0.6 is 46.4 Å². The van der Waals surface area contributed by atoms with Crippen molar-refractivity contribution in [3.8, 4) is 11.3 Å². The highest BCUT2D eigenvalue weighted by molar-refractivity contribution is 7.92. The van der Waals surface area contributed by atoms with Crippen LogP contribution in [0.2, 0.25) is 20.1 Å². The van der Waals surface area contributed by atoms with Gasteiger partial charge in [-0.25, -0.2) is 8.42 Å². The van der Waals surface area contributed by atoms with E-state index in [4.69, 9.17) is 50.9 Å². The lowest BCUT2D eigenvalue weighted by atomic mass is 10.0. The summed E-state index contributed by atoms with van der Waals surface area (Å²) in [5.41, 5.74) is 1.37. The van der Waals surface area contributed by atoms with Crippen LogP contribution in [0.3, 0.4) is 0 Å². The number of ketones is 1. The second-order valence-corrected chi connectivity index (χ2v) is 11.2. The predicted molar refractivity (Wildman–Crippen MR) is 135 cm³/mol. The molecule has 0 aliphatic carbocycles. The van der Waals surface area contributed by atoms with E-state index < -0.39 is 26.6 Å². The van der Waals surface area contributed by atoms with Gasteiger partial charge in [-0.2, -0.15) is 0 Å². The summed E-state index contributed by atoms with van der Waals surface area (Å²) in [4.78, 5) is 12.9. The number of carbonyl (C=O) groups excluding carboxylic acids is 1. The molecule has 0 aliphatic heterocycles. The van der Waals surface area contributed by atoms with Crippen LogP contribution in [-0.2, 0) is 9.84 Å². The molecule has 0 unspecified atom stereocenters. The fourth-order valence-electron chi connectivity index (χ4n) is 3.41. The van der Waals surface area contributed by atoms with E-state index in [9.17, 15) is 13.2 Å². The predicted octanol–water partition coefficient (Wildman–Crippen LogP) is 7.34. The summed E-state index contributed by atoms with van der Waals surface area (Å²) in [6.45, 7) is 0. The highest BCUT2D eigenvalue weighted by Gasteiger charge is 2.32. The number of rotatable bonds is 7. The minimum atomic E-state index is -4.03. The van der Waals surface area contributed by atoms with Crippen molar-refractivity contribution in [3.63, 3.8) is 0 Å². The number of Topliss-reactive ketones (excluding diaryl/α,β-unsaturated/α-hetero) is 1. The maximum Gasteiger partial charge on any atom is 0.199 e. The van der Waals surface area contributed by atoms with Gasteiger partial charge >= 0.3 is 0 Å². The van der Waals surface area contributed by atoms with Crippen LogP contribution in [0.25, 0.3) is 11.3 Å². The zero-order valence-corrected chi connectivity index (χ0v) is 21.1. The van der Waals surface area contributed by atoms with Gasteiger partial charge in [0.1, 0.15) is 11.0 Å². The lowest BCUT2D eigenvalue weighted by Crippen LogP contribution is -2.23. The molecule has 10 heteroatoms. The molecular formula is C24H15Cl4NO4S. The van der Waals surface area contributed by atoms with E-state index in [1.807, 2.05) is 0 Å². The van der Waals surface area contributed by atoms with Gasteiger partial charge in [0.15, 0.2) is 27.1 Å². The van der Waals surface area contributed by atoms with Crippen molar-refractivity contribution in [1.82, 2.24) is 5.16 Å². The van der Waals surface area contributed by atoms with Gasteiger partial charge in [0, 0.05) is 21.7 Å². The minimum absolute atomic E-state index is 0.115. The highest BCUT2D eigenvalue weighted by Crippen LogP contribution is 2.33. The van der Waals surface area contributed by atoms with Crippen molar-refractivity contribution in [1.29, 1.82) is 0 Å². The first kappa shape index (κ1) is 24.8. The van der Waals surface area contributed by atoms with Crippen LogP contribution in [0, 0.1) is 0 Å². The number of halogens is 4. The number of hydrogen-bond donors (Lipinski definition) is 0. The third kappa shape index (κ3) is 5.48. The summed E-state index contributed by atoms with van der Waals surface area (Å²) < 4.78 is 32.2. The van der Waals surface area contributed by atoms with Crippen molar-refractivity contribution in [3.05, 3.63) is 110 Å². The van der Waals surface area contributed by atoms with Gasteiger partial charge in [-0.15, -0.1) is 0 Å². The molecule has 1 heterocycles. The fraction of sp³-hybridized carbons (Fsp3) is 0.0833. The lowest BCUT2D eigenvalue weighted by Gasteiger charge is -2.18. The van der Waals surface area contributed by atoms with Crippen molar-refractivity contribution in [2.75, 3.05) is 5.75 Å². The second kappa shape index (κ2) is 10.1. The molecule has 0 N–H and O–H groups in total. The lowest BCUT2D eigenvalue weighted by molar-refractivity contribution is 0.101. The van der Waals surface area contributed by atoms with Crippen LogP contribution in [0.5, 0.6) is 0 Å². The van der Waals surface area contributed by atoms with Crippen LogP contribution in [0.15, 0.2) is 77.3 Å².